The number of benzene rings is 1. The predicted octanol–water partition coefficient (Wildman–Crippen LogP) is 3.32. The van der Waals surface area contributed by atoms with Crippen LogP contribution in [0.2, 0.25) is 0 Å². The Morgan fingerprint density at radius 3 is 2.58 bits per heavy atom. The Hall–Kier alpha value is -3.14. The van der Waals surface area contributed by atoms with E-state index >= 15 is 0 Å². The minimum Gasteiger partial charge on any atom is -0.472 e. The minimum absolute atomic E-state index is 0.00219. The van der Waals surface area contributed by atoms with Gasteiger partial charge in [-0.3, -0.25) is 19.1 Å². The molecule has 0 aliphatic rings. The van der Waals surface area contributed by atoms with Gasteiger partial charge in [-0.15, -0.1) is 0 Å². The number of carbonyl (C=O) groups is 1. The molecule has 31 heavy (non-hydrogen) atoms. The van der Waals surface area contributed by atoms with Crippen molar-refractivity contribution < 1.29 is 18.3 Å². The second-order valence-electron chi connectivity index (χ2n) is 6.93. The lowest BCUT2D eigenvalue weighted by Gasteiger charge is -2.14. The fraction of sp³-hybridized carbons (Fsp3) is 0.238. The molecule has 10 heteroatoms. The first-order valence-electron chi connectivity index (χ1n) is 9.17. The van der Waals surface area contributed by atoms with Crippen LogP contribution in [-0.2, 0) is 13.2 Å². The third-order valence-electron chi connectivity index (χ3n) is 4.45. The lowest BCUT2D eigenvalue weighted by Crippen LogP contribution is -2.26. The Morgan fingerprint density at radius 2 is 1.97 bits per heavy atom. The number of pyridine rings is 1. The summed E-state index contributed by atoms with van der Waals surface area (Å²) >= 11 is 3.18. The van der Waals surface area contributed by atoms with Gasteiger partial charge in [0.1, 0.15) is 28.5 Å². The van der Waals surface area contributed by atoms with Crippen molar-refractivity contribution in [3.05, 3.63) is 85.6 Å². The molecule has 1 aromatic carbocycles. The summed E-state index contributed by atoms with van der Waals surface area (Å²) < 4.78 is 33.8. The first-order valence-corrected chi connectivity index (χ1v) is 9.97. The quantitative estimate of drug-likeness (QED) is 0.527. The van der Waals surface area contributed by atoms with Crippen molar-refractivity contribution in [3.8, 4) is 5.88 Å². The monoisotopic (exact) mass is 492 g/mol. The van der Waals surface area contributed by atoms with Crippen LogP contribution in [0.3, 0.4) is 0 Å². The Kier molecular flexibility index (Phi) is 6.79. The first-order chi connectivity index (χ1) is 14.7. The van der Waals surface area contributed by atoms with Crippen LogP contribution in [0.1, 0.15) is 27.4 Å². The van der Waals surface area contributed by atoms with Crippen molar-refractivity contribution in [1.29, 1.82) is 0 Å². The molecule has 3 aromatic rings. The number of aromatic nitrogens is 3. The van der Waals surface area contributed by atoms with Gasteiger partial charge in [0.2, 0.25) is 5.88 Å². The van der Waals surface area contributed by atoms with E-state index in [1.807, 2.05) is 0 Å². The van der Waals surface area contributed by atoms with Gasteiger partial charge in [0, 0.05) is 31.9 Å². The van der Waals surface area contributed by atoms with E-state index in [1.54, 1.807) is 33.2 Å². The van der Waals surface area contributed by atoms with Crippen molar-refractivity contribution in [2.24, 2.45) is 0 Å². The molecule has 3 rings (SSSR count). The number of hydrogen-bond acceptors (Lipinski definition) is 5. The summed E-state index contributed by atoms with van der Waals surface area (Å²) in [5.41, 5.74) is 0.732. The van der Waals surface area contributed by atoms with Gasteiger partial charge in [0.15, 0.2) is 0 Å². The third-order valence-corrected chi connectivity index (χ3v) is 5.13. The Bertz CT molecular complexity index is 1180. The zero-order valence-electron chi connectivity index (χ0n) is 17.0. The lowest BCUT2D eigenvalue weighted by molar-refractivity contribution is 0.0827. The van der Waals surface area contributed by atoms with E-state index in [0.29, 0.717) is 17.1 Å². The van der Waals surface area contributed by atoms with Gasteiger partial charge < -0.3 is 9.64 Å². The molecule has 0 radical (unpaired) electrons. The molecule has 0 atom stereocenters. The maximum absolute atomic E-state index is 13.8. The van der Waals surface area contributed by atoms with Crippen LogP contribution >= 0.6 is 15.9 Å². The summed E-state index contributed by atoms with van der Waals surface area (Å²) in [5, 5.41) is 0. The van der Waals surface area contributed by atoms with Crippen LogP contribution in [0, 0.1) is 18.6 Å². The molecule has 1 amide bonds. The molecule has 0 spiro atoms. The Labute approximate surface area is 185 Å². The molecule has 0 bridgehead atoms. The van der Waals surface area contributed by atoms with Gasteiger partial charge in [-0.05, 0) is 47.1 Å². The van der Waals surface area contributed by atoms with Gasteiger partial charge >= 0.3 is 0 Å². The molecular weight excluding hydrogens is 474 g/mol. The second kappa shape index (κ2) is 9.34. The summed E-state index contributed by atoms with van der Waals surface area (Å²) in [6, 6.07) is 6.45. The summed E-state index contributed by atoms with van der Waals surface area (Å²) in [7, 11) is 3.30. The van der Waals surface area contributed by atoms with Crippen molar-refractivity contribution >= 4 is 21.8 Å². The molecule has 0 fully saturated rings. The summed E-state index contributed by atoms with van der Waals surface area (Å²) in [4.78, 5) is 34.7. The van der Waals surface area contributed by atoms with Crippen LogP contribution in [-0.4, -0.2) is 39.4 Å². The molecule has 7 nitrogen and oxygen atoms in total. The zero-order valence-corrected chi connectivity index (χ0v) is 18.6. The van der Waals surface area contributed by atoms with Crippen molar-refractivity contribution in [2.45, 2.75) is 20.1 Å². The maximum atomic E-state index is 13.8. The summed E-state index contributed by atoms with van der Waals surface area (Å²) in [5.74, 6) is -1.24. The highest BCUT2D eigenvalue weighted by Crippen LogP contribution is 2.21. The van der Waals surface area contributed by atoms with E-state index in [1.165, 1.54) is 21.7 Å². The Balaban J connectivity index is 1.80. The van der Waals surface area contributed by atoms with Gasteiger partial charge in [-0.25, -0.2) is 8.78 Å². The number of aryl methyl sites for hydroxylation is 1. The number of amides is 1. The first kappa shape index (κ1) is 22.5. The number of carbonyl (C=O) groups excluding carboxylic acids is 1. The fourth-order valence-corrected chi connectivity index (χ4v) is 3.16. The zero-order chi connectivity index (χ0) is 22.7. The van der Waals surface area contributed by atoms with E-state index in [0.717, 1.165) is 12.1 Å². The molecule has 162 valence electrons. The molecule has 2 heterocycles. The fourth-order valence-electron chi connectivity index (χ4n) is 2.74. The molecular formula is C21H19BrF2N4O3. The van der Waals surface area contributed by atoms with Gasteiger partial charge in [0.25, 0.3) is 11.5 Å². The van der Waals surface area contributed by atoms with Crippen LogP contribution in [0.5, 0.6) is 5.88 Å². The maximum Gasteiger partial charge on any atom is 0.272 e. The van der Waals surface area contributed by atoms with Gasteiger partial charge in [-0.1, -0.05) is 0 Å². The van der Waals surface area contributed by atoms with Crippen molar-refractivity contribution in [3.63, 3.8) is 0 Å². The normalized spacial score (nSPS) is 10.8. The SMILES string of the molecule is Cc1nc(OCc2ccc(F)cc2F)c(Br)c(=O)n1Cc1ccc(C(=O)N(C)C)cn1. The van der Waals surface area contributed by atoms with Crippen LogP contribution in [0.25, 0.3) is 0 Å². The van der Waals surface area contributed by atoms with E-state index in [4.69, 9.17) is 4.74 Å². The molecule has 0 aliphatic carbocycles. The topological polar surface area (TPSA) is 77.3 Å². The van der Waals surface area contributed by atoms with E-state index < -0.39 is 17.2 Å². The van der Waals surface area contributed by atoms with E-state index in [9.17, 15) is 18.4 Å². The van der Waals surface area contributed by atoms with Crippen LogP contribution in [0.15, 0.2) is 45.8 Å². The van der Waals surface area contributed by atoms with Crippen molar-refractivity contribution in [2.75, 3.05) is 14.1 Å². The summed E-state index contributed by atoms with van der Waals surface area (Å²) in [6.07, 6.45) is 1.45. The van der Waals surface area contributed by atoms with Crippen molar-refractivity contribution in [1.82, 2.24) is 19.4 Å². The standard InChI is InChI=1S/C21H19BrF2N4O3/c1-12-26-19(31-11-14-4-6-15(23)8-17(14)24)18(22)21(30)28(12)10-16-7-5-13(9-25-16)20(29)27(2)3/h4-9H,10-11H2,1-3H3. The second-order valence-corrected chi connectivity index (χ2v) is 7.72. The molecule has 0 aliphatic heterocycles. The molecule has 2 aromatic heterocycles. The number of hydrogen-bond donors (Lipinski definition) is 0. The highest BCUT2D eigenvalue weighted by atomic mass is 79.9. The highest BCUT2D eigenvalue weighted by molar-refractivity contribution is 9.10. The van der Waals surface area contributed by atoms with E-state index in [2.05, 4.69) is 25.9 Å². The number of halogens is 3. The largest absolute Gasteiger partial charge is 0.472 e. The number of ether oxygens (including phenoxy) is 1. The predicted molar refractivity (Wildman–Crippen MR) is 113 cm³/mol. The molecule has 0 unspecified atom stereocenters. The third kappa shape index (κ3) is 5.13. The molecule has 0 N–H and O–H groups in total. The molecule has 0 saturated carbocycles. The average Bonchev–Trinajstić information content (AvgIpc) is 2.73. The average molecular weight is 493 g/mol. The highest BCUT2D eigenvalue weighted by Gasteiger charge is 2.16. The lowest BCUT2D eigenvalue weighted by atomic mass is 10.2. The number of nitrogens with zero attached hydrogens (tertiary/aromatic N) is 4. The number of rotatable bonds is 6. The van der Waals surface area contributed by atoms with Crippen LogP contribution in [0.4, 0.5) is 8.78 Å². The van der Waals surface area contributed by atoms with Gasteiger partial charge in [-0.2, -0.15) is 4.98 Å². The minimum atomic E-state index is -0.747. The summed E-state index contributed by atoms with van der Waals surface area (Å²) in [6.45, 7) is 1.55. The smallest absolute Gasteiger partial charge is 0.272 e. The van der Waals surface area contributed by atoms with E-state index in [-0.39, 0.29) is 35.0 Å². The molecule has 0 saturated heterocycles. The van der Waals surface area contributed by atoms with Gasteiger partial charge in [0.05, 0.1) is 17.8 Å². The Morgan fingerprint density at radius 1 is 1.23 bits per heavy atom. The van der Waals surface area contributed by atoms with Crippen LogP contribution < -0.4 is 10.3 Å².